The number of H-pyrrole nitrogens is 1. The lowest BCUT2D eigenvalue weighted by Crippen LogP contribution is -2.56. The van der Waals surface area contributed by atoms with Crippen molar-refractivity contribution in [3.8, 4) is 11.3 Å². The second-order valence-electron chi connectivity index (χ2n) is 13.5. The molecule has 3 amide bonds. The van der Waals surface area contributed by atoms with Crippen LogP contribution in [0.5, 0.6) is 0 Å². The number of likely N-dealkylation sites (tertiary alicyclic amines) is 2. The molecule has 3 aromatic rings. The number of aromatic amines is 1. The van der Waals surface area contributed by atoms with Gasteiger partial charge in [-0.25, -0.2) is 9.59 Å². The molecule has 0 bridgehead atoms. The fourth-order valence-corrected chi connectivity index (χ4v) is 9.05. The Balaban J connectivity index is 1.11. The molecule has 14 heteroatoms. The summed E-state index contributed by atoms with van der Waals surface area (Å²) in [4.78, 5) is 47.3. The van der Waals surface area contributed by atoms with Crippen molar-refractivity contribution in [2.24, 2.45) is 5.92 Å². The molecule has 1 unspecified atom stereocenters. The normalized spacial score (nSPS) is 20.2. The maximum Gasteiger partial charge on any atom is 0.326 e. The zero-order chi connectivity index (χ0) is 34.7. The number of aromatic nitrogens is 2. The number of nitrogens with zero attached hydrogens (tertiary/aromatic N) is 3. The minimum atomic E-state index is -0.735. The van der Waals surface area contributed by atoms with E-state index in [1.54, 1.807) is 27.8 Å². The molecular formula is C35H43Br2Cl2N7O3. The lowest BCUT2D eigenvalue weighted by Gasteiger charge is -2.38. The van der Waals surface area contributed by atoms with Gasteiger partial charge in [-0.2, -0.15) is 0 Å². The molecule has 0 radical (unpaired) electrons. The average molecular weight is 840 g/mol. The number of carbonyl (C=O) groups excluding carboxylic acids is 2. The van der Waals surface area contributed by atoms with Crippen molar-refractivity contribution in [1.82, 2.24) is 30.0 Å². The van der Waals surface area contributed by atoms with E-state index in [1.807, 2.05) is 23.1 Å². The molecule has 0 aliphatic carbocycles. The van der Waals surface area contributed by atoms with Gasteiger partial charge in [0.2, 0.25) is 5.91 Å². The Kier molecular flexibility index (Phi) is 12.0. The highest BCUT2D eigenvalue weighted by Gasteiger charge is 2.34. The van der Waals surface area contributed by atoms with Crippen LogP contribution in [0.4, 0.5) is 10.5 Å². The number of amides is 3. The first-order valence-electron chi connectivity index (χ1n) is 17.1. The summed E-state index contributed by atoms with van der Waals surface area (Å²) in [7, 11) is 0. The summed E-state index contributed by atoms with van der Waals surface area (Å²) < 4.78 is 3.16. The van der Waals surface area contributed by atoms with Crippen LogP contribution in [-0.4, -0.2) is 76.1 Å². The van der Waals surface area contributed by atoms with Crippen molar-refractivity contribution >= 4 is 72.7 Å². The predicted octanol–water partition coefficient (Wildman–Crippen LogP) is 6.99. The van der Waals surface area contributed by atoms with Gasteiger partial charge < -0.3 is 31.2 Å². The number of anilines is 1. The van der Waals surface area contributed by atoms with Crippen LogP contribution in [0.25, 0.3) is 11.3 Å². The van der Waals surface area contributed by atoms with E-state index in [-0.39, 0.29) is 23.7 Å². The second kappa shape index (κ2) is 16.2. The Labute approximate surface area is 313 Å². The number of urea groups is 1. The SMILES string of the molecule is Nc1c(Br)cc(C[C@@H](NC(=O)N2CCC(n3cc(-c4ccc(Cl)c(Cl)c4)[nH]c3=O)CC2)C(=O)N2CCC(C3CCCCCN3)CC2)cc1Br. The van der Waals surface area contributed by atoms with E-state index in [9.17, 15) is 14.4 Å². The number of hydrogen-bond acceptors (Lipinski definition) is 5. The molecule has 3 fully saturated rings. The zero-order valence-corrected chi connectivity index (χ0v) is 32.0. The van der Waals surface area contributed by atoms with Crippen LogP contribution in [-0.2, 0) is 11.2 Å². The van der Waals surface area contributed by atoms with Crippen molar-refractivity contribution in [1.29, 1.82) is 0 Å². The van der Waals surface area contributed by atoms with Crippen molar-refractivity contribution in [3.05, 3.63) is 71.6 Å². The lowest BCUT2D eigenvalue weighted by molar-refractivity contribution is -0.134. The summed E-state index contributed by atoms with van der Waals surface area (Å²) in [5.41, 5.74) is 8.81. The fourth-order valence-electron chi connectivity index (χ4n) is 7.47. The smallest absolute Gasteiger partial charge is 0.326 e. The highest BCUT2D eigenvalue weighted by Crippen LogP contribution is 2.32. The monoisotopic (exact) mass is 837 g/mol. The largest absolute Gasteiger partial charge is 0.397 e. The highest BCUT2D eigenvalue weighted by molar-refractivity contribution is 9.11. The summed E-state index contributed by atoms with van der Waals surface area (Å²) in [5.74, 6) is 0.501. The van der Waals surface area contributed by atoms with Gasteiger partial charge in [-0.1, -0.05) is 42.1 Å². The number of hydrogen-bond donors (Lipinski definition) is 4. The quantitative estimate of drug-likeness (QED) is 0.191. The molecule has 264 valence electrons. The molecule has 10 nitrogen and oxygen atoms in total. The molecule has 3 aliphatic heterocycles. The molecule has 1 aromatic heterocycles. The van der Waals surface area contributed by atoms with E-state index in [2.05, 4.69) is 47.5 Å². The number of benzene rings is 2. The van der Waals surface area contributed by atoms with Crippen molar-refractivity contribution in [2.75, 3.05) is 38.5 Å². The number of nitrogens with two attached hydrogens (primary N) is 1. The second-order valence-corrected chi connectivity index (χ2v) is 16.0. The van der Waals surface area contributed by atoms with Gasteiger partial charge in [0.25, 0.3) is 0 Å². The Morgan fingerprint density at radius 1 is 0.918 bits per heavy atom. The number of piperidine rings is 2. The molecule has 4 heterocycles. The van der Waals surface area contributed by atoms with Crippen molar-refractivity contribution < 1.29 is 9.59 Å². The molecule has 6 rings (SSSR count). The maximum atomic E-state index is 14.1. The van der Waals surface area contributed by atoms with Crippen LogP contribution in [0.3, 0.4) is 0 Å². The molecule has 0 spiro atoms. The predicted molar refractivity (Wildman–Crippen MR) is 202 cm³/mol. The summed E-state index contributed by atoms with van der Waals surface area (Å²) in [6.45, 7) is 3.35. The average Bonchev–Trinajstić information content (AvgIpc) is 3.29. The standard InChI is InChI=1S/C35H43Br2Cl2N7O3/c36-25-16-21(17-26(37)32(25)40)18-30(33(47)44-12-7-22(8-13-44)29-4-2-1-3-11-41-29)42-34(48)45-14-9-24(10-15-45)46-20-31(43-35(46)49)23-5-6-27(38)28(39)19-23/h5-6,16-17,19-20,22,24,29-30,41H,1-4,7-15,18,40H2,(H,42,48)(H,43,49)/t29?,30-/m1/s1. The number of halogens is 4. The molecule has 5 N–H and O–H groups in total. The Hall–Kier alpha value is -2.51. The molecule has 49 heavy (non-hydrogen) atoms. The van der Waals surface area contributed by atoms with Gasteiger partial charge in [-0.05, 0) is 113 Å². The first-order valence-corrected chi connectivity index (χ1v) is 19.5. The number of rotatable bonds is 7. The summed E-state index contributed by atoms with van der Waals surface area (Å²) in [6.07, 6.45) is 10.2. The van der Waals surface area contributed by atoms with Gasteiger partial charge in [-0.15, -0.1) is 0 Å². The minimum absolute atomic E-state index is 0.0618. The van der Waals surface area contributed by atoms with Gasteiger partial charge >= 0.3 is 11.7 Å². The third-order valence-corrected chi connectivity index (χ3v) is 12.4. The topological polar surface area (TPSA) is 128 Å². The van der Waals surface area contributed by atoms with Crippen LogP contribution in [0.2, 0.25) is 10.0 Å². The van der Waals surface area contributed by atoms with Gasteiger partial charge in [0.1, 0.15) is 6.04 Å². The lowest BCUT2D eigenvalue weighted by atomic mass is 9.86. The zero-order valence-electron chi connectivity index (χ0n) is 27.3. The summed E-state index contributed by atoms with van der Waals surface area (Å²) in [5, 5.41) is 7.70. The Bertz CT molecular complexity index is 1690. The van der Waals surface area contributed by atoms with Crippen LogP contribution >= 0.6 is 55.1 Å². The Morgan fingerprint density at radius 2 is 1.61 bits per heavy atom. The molecule has 3 aliphatic rings. The molecule has 3 saturated heterocycles. The van der Waals surface area contributed by atoms with Gasteiger partial charge in [0.05, 0.1) is 21.4 Å². The number of nitrogen functional groups attached to an aromatic ring is 1. The third-order valence-electron chi connectivity index (χ3n) is 10.3. The molecule has 2 aromatic carbocycles. The third kappa shape index (κ3) is 8.69. The van der Waals surface area contributed by atoms with E-state index < -0.39 is 6.04 Å². The summed E-state index contributed by atoms with van der Waals surface area (Å²) in [6, 6.07) is 8.49. The number of carbonyl (C=O) groups is 2. The van der Waals surface area contributed by atoms with E-state index in [1.165, 1.54) is 25.7 Å². The van der Waals surface area contributed by atoms with Gasteiger partial charge in [0.15, 0.2) is 0 Å². The first-order chi connectivity index (χ1) is 23.6. The van der Waals surface area contributed by atoms with Crippen LogP contribution in [0, 0.1) is 5.92 Å². The van der Waals surface area contributed by atoms with E-state index in [0.29, 0.717) is 78.8 Å². The van der Waals surface area contributed by atoms with Crippen molar-refractivity contribution in [3.63, 3.8) is 0 Å². The molecule has 2 atom stereocenters. The minimum Gasteiger partial charge on any atom is -0.397 e. The highest BCUT2D eigenvalue weighted by atomic mass is 79.9. The van der Waals surface area contributed by atoms with E-state index in [0.717, 1.165) is 39.5 Å². The van der Waals surface area contributed by atoms with E-state index in [4.69, 9.17) is 28.9 Å². The Morgan fingerprint density at radius 3 is 2.31 bits per heavy atom. The van der Waals surface area contributed by atoms with E-state index >= 15 is 0 Å². The number of nitrogens with one attached hydrogen (secondary N) is 3. The van der Waals surface area contributed by atoms with Crippen molar-refractivity contribution in [2.45, 2.75) is 75.9 Å². The van der Waals surface area contributed by atoms with Crippen LogP contribution in [0.15, 0.2) is 50.3 Å². The number of imidazole rings is 1. The summed E-state index contributed by atoms with van der Waals surface area (Å²) >= 11 is 19.3. The van der Waals surface area contributed by atoms with Gasteiger partial charge in [-0.3, -0.25) is 9.36 Å². The van der Waals surface area contributed by atoms with Crippen LogP contribution < -0.4 is 22.1 Å². The molecule has 0 saturated carbocycles. The first kappa shape index (κ1) is 36.3. The van der Waals surface area contributed by atoms with Crippen LogP contribution in [0.1, 0.15) is 63.0 Å². The van der Waals surface area contributed by atoms with Gasteiger partial charge in [0, 0.05) is 65.4 Å². The maximum absolute atomic E-state index is 14.1. The fraction of sp³-hybridized carbons (Fsp3) is 0.514. The molecular weight excluding hydrogens is 797 g/mol.